The summed E-state index contributed by atoms with van der Waals surface area (Å²) in [5.74, 6) is -2.36. The zero-order valence-electron chi connectivity index (χ0n) is 14.7. The van der Waals surface area contributed by atoms with E-state index in [1.54, 1.807) is 30.3 Å². The molecular weight excluding hydrogens is 383 g/mol. The Labute approximate surface area is 163 Å². The number of hydrogen-bond donors (Lipinski definition) is 1. The van der Waals surface area contributed by atoms with Gasteiger partial charge in [-0.1, -0.05) is 42.5 Å². The van der Waals surface area contributed by atoms with Gasteiger partial charge in [-0.25, -0.2) is 0 Å². The van der Waals surface area contributed by atoms with E-state index in [4.69, 9.17) is 0 Å². The molecule has 0 aliphatic heterocycles. The summed E-state index contributed by atoms with van der Waals surface area (Å²) < 4.78 is 39.4. The molecule has 4 rings (SSSR count). The van der Waals surface area contributed by atoms with Crippen LogP contribution in [0.15, 0.2) is 66.7 Å². The second-order valence-corrected chi connectivity index (χ2v) is 6.46. The molecule has 1 N–H and O–H groups in total. The van der Waals surface area contributed by atoms with Crippen molar-refractivity contribution in [2.24, 2.45) is 0 Å². The molecule has 0 saturated heterocycles. The van der Waals surface area contributed by atoms with Gasteiger partial charge in [0.1, 0.15) is 0 Å². The Morgan fingerprint density at radius 3 is 2.03 bits per heavy atom. The van der Waals surface area contributed by atoms with E-state index >= 15 is 0 Å². The molecule has 3 aromatic rings. The number of ketones is 2. The monoisotopic (exact) mass is 395 g/mol. The lowest BCUT2D eigenvalue weighted by atomic mass is 9.84. The quantitative estimate of drug-likeness (QED) is 0.621. The Kier molecular flexibility index (Phi) is 4.30. The number of amides is 1. The number of carbonyl (C=O) groups excluding carboxylic acids is 3. The van der Waals surface area contributed by atoms with Crippen molar-refractivity contribution in [1.82, 2.24) is 0 Å². The Morgan fingerprint density at radius 2 is 1.31 bits per heavy atom. The summed E-state index contributed by atoms with van der Waals surface area (Å²) in [4.78, 5) is 37.2. The molecule has 144 valence electrons. The molecule has 29 heavy (non-hydrogen) atoms. The summed E-state index contributed by atoms with van der Waals surface area (Å²) in [5, 5.41) is 2.38. The summed E-state index contributed by atoms with van der Waals surface area (Å²) in [6.07, 6.45) is -4.68. The first kappa shape index (κ1) is 18.6. The molecule has 1 aliphatic carbocycles. The summed E-state index contributed by atoms with van der Waals surface area (Å²) in [6, 6.07) is 15.4. The second kappa shape index (κ2) is 6.70. The van der Waals surface area contributed by atoms with Crippen LogP contribution < -0.4 is 5.32 Å². The first-order chi connectivity index (χ1) is 13.8. The van der Waals surface area contributed by atoms with Gasteiger partial charge >= 0.3 is 6.18 Å². The number of anilines is 1. The SMILES string of the molecule is O=C1C(=O)c2cc(NC(=O)c3ccccc3C(F)(F)F)ccc2-c2ccccc21. The predicted molar refractivity (Wildman–Crippen MR) is 99.9 cm³/mol. The molecule has 0 radical (unpaired) electrons. The lowest BCUT2D eigenvalue weighted by Gasteiger charge is -2.19. The maximum absolute atomic E-state index is 13.1. The lowest BCUT2D eigenvalue weighted by molar-refractivity contribution is -0.137. The molecular formula is C22H12F3NO3. The van der Waals surface area contributed by atoms with Gasteiger partial charge in [-0.3, -0.25) is 14.4 Å². The van der Waals surface area contributed by atoms with E-state index in [0.717, 1.165) is 12.1 Å². The number of carbonyl (C=O) groups is 3. The van der Waals surface area contributed by atoms with Gasteiger partial charge < -0.3 is 5.32 Å². The van der Waals surface area contributed by atoms with E-state index in [-0.39, 0.29) is 11.3 Å². The largest absolute Gasteiger partial charge is 0.417 e. The minimum absolute atomic E-state index is 0.0932. The maximum Gasteiger partial charge on any atom is 0.417 e. The van der Waals surface area contributed by atoms with Gasteiger partial charge in [0.25, 0.3) is 5.91 Å². The van der Waals surface area contributed by atoms with Crippen LogP contribution in [0.4, 0.5) is 18.9 Å². The third-order valence-corrected chi connectivity index (χ3v) is 4.67. The first-order valence-electron chi connectivity index (χ1n) is 8.57. The minimum atomic E-state index is -4.68. The highest BCUT2D eigenvalue weighted by Crippen LogP contribution is 2.35. The van der Waals surface area contributed by atoms with Gasteiger partial charge in [0.2, 0.25) is 11.6 Å². The van der Waals surface area contributed by atoms with Crippen LogP contribution >= 0.6 is 0 Å². The summed E-state index contributed by atoms with van der Waals surface area (Å²) >= 11 is 0. The molecule has 0 heterocycles. The number of fused-ring (bicyclic) bond motifs is 3. The van der Waals surface area contributed by atoms with Crippen LogP contribution in [0.2, 0.25) is 0 Å². The van der Waals surface area contributed by atoms with Gasteiger partial charge in [0.05, 0.1) is 11.1 Å². The number of rotatable bonds is 2. The normalized spacial score (nSPS) is 12.9. The van der Waals surface area contributed by atoms with Crippen LogP contribution in [0.3, 0.4) is 0 Å². The van der Waals surface area contributed by atoms with Crippen LogP contribution in [-0.4, -0.2) is 17.5 Å². The molecule has 3 aromatic carbocycles. The Bertz CT molecular complexity index is 1180. The van der Waals surface area contributed by atoms with E-state index in [2.05, 4.69) is 5.32 Å². The molecule has 0 aromatic heterocycles. The van der Waals surface area contributed by atoms with Crippen LogP contribution in [0.1, 0.15) is 36.6 Å². The number of Topliss-reactive ketones (excluding diaryl/α,β-unsaturated/α-hetero) is 2. The fourth-order valence-electron chi connectivity index (χ4n) is 3.33. The summed E-state index contributed by atoms with van der Waals surface area (Å²) in [5.41, 5.74) is 0.0233. The molecule has 7 heteroatoms. The smallest absolute Gasteiger partial charge is 0.322 e. The number of nitrogens with one attached hydrogen (secondary N) is 1. The number of benzene rings is 3. The summed E-state index contributed by atoms with van der Waals surface area (Å²) in [7, 11) is 0. The van der Waals surface area contributed by atoms with Gasteiger partial charge in [0.15, 0.2) is 0 Å². The molecule has 0 atom stereocenters. The third kappa shape index (κ3) is 3.20. The molecule has 4 nitrogen and oxygen atoms in total. The fraction of sp³-hybridized carbons (Fsp3) is 0.0455. The number of halogens is 3. The van der Waals surface area contributed by atoms with Gasteiger partial charge in [-0.2, -0.15) is 13.2 Å². The Hall–Kier alpha value is -3.74. The third-order valence-electron chi connectivity index (χ3n) is 4.67. The average Bonchev–Trinajstić information content (AvgIpc) is 2.71. The van der Waals surface area contributed by atoms with Crippen molar-refractivity contribution in [3.63, 3.8) is 0 Å². The first-order valence-corrected chi connectivity index (χ1v) is 8.57. The van der Waals surface area contributed by atoms with Crippen LogP contribution in [0.5, 0.6) is 0 Å². The van der Waals surface area contributed by atoms with Crippen molar-refractivity contribution in [2.75, 3.05) is 5.32 Å². The van der Waals surface area contributed by atoms with Gasteiger partial charge in [0, 0.05) is 16.8 Å². The highest BCUT2D eigenvalue weighted by molar-refractivity contribution is 6.53. The van der Waals surface area contributed by atoms with Crippen molar-refractivity contribution >= 4 is 23.2 Å². The van der Waals surface area contributed by atoms with Crippen molar-refractivity contribution in [3.05, 3.63) is 89.0 Å². The van der Waals surface area contributed by atoms with Crippen LogP contribution in [-0.2, 0) is 6.18 Å². The van der Waals surface area contributed by atoms with Crippen LogP contribution in [0.25, 0.3) is 11.1 Å². The molecule has 0 bridgehead atoms. The van der Waals surface area contributed by atoms with Crippen LogP contribution in [0, 0.1) is 0 Å². The zero-order valence-corrected chi connectivity index (χ0v) is 14.7. The van der Waals surface area contributed by atoms with E-state index in [1.807, 2.05) is 0 Å². The lowest BCUT2D eigenvalue weighted by Crippen LogP contribution is -2.22. The van der Waals surface area contributed by atoms with E-state index in [9.17, 15) is 27.6 Å². The zero-order chi connectivity index (χ0) is 20.8. The van der Waals surface area contributed by atoms with E-state index in [0.29, 0.717) is 16.7 Å². The highest BCUT2D eigenvalue weighted by Gasteiger charge is 2.35. The second-order valence-electron chi connectivity index (χ2n) is 6.46. The molecule has 0 unspecified atom stereocenters. The summed E-state index contributed by atoms with van der Waals surface area (Å²) in [6.45, 7) is 0. The topological polar surface area (TPSA) is 63.2 Å². The standard InChI is InChI=1S/C22H12F3NO3/c23-22(24,25)18-8-4-3-7-16(18)21(29)26-12-9-10-14-13-5-1-2-6-15(13)19(27)20(28)17(14)11-12/h1-11H,(H,26,29). The molecule has 1 aliphatic rings. The van der Waals surface area contributed by atoms with E-state index < -0.39 is 34.8 Å². The van der Waals surface area contributed by atoms with Crippen molar-refractivity contribution in [3.8, 4) is 11.1 Å². The minimum Gasteiger partial charge on any atom is -0.322 e. The van der Waals surface area contributed by atoms with Crippen molar-refractivity contribution in [2.45, 2.75) is 6.18 Å². The number of hydrogen-bond acceptors (Lipinski definition) is 3. The molecule has 1 amide bonds. The number of alkyl halides is 3. The van der Waals surface area contributed by atoms with Crippen molar-refractivity contribution < 1.29 is 27.6 Å². The highest BCUT2D eigenvalue weighted by atomic mass is 19.4. The Balaban J connectivity index is 1.71. The predicted octanol–water partition coefficient (Wildman–Crippen LogP) is 5.00. The van der Waals surface area contributed by atoms with E-state index in [1.165, 1.54) is 24.3 Å². The van der Waals surface area contributed by atoms with Gasteiger partial charge in [-0.05, 0) is 35.4 Å². The van der Waals surface area contributed by atoms with Gasteiger partial charge in [-0.15, -0.1) is 0 Å². The molecule has 0 spiro atoms. The molecule has 0 saturated carbocycles. The molecule has 0 fully saturated rings. The maximum atomic E-state index is 13.1. The Morgan fingerprint density at radius 1 is 0.724 bits per heavy atom. The van der Waals surface area contributed by atoms with Crippen molar-refractivity contribution in [1.29, 1.82) is 0 Å². The average molecular weight is 395 g/mol. The fourth-order valence-corrected chi connectivity index (χ4v) is 3.33.